The minimum absolute atomic E-state index is 0.104. The van der Waals surface area contributed by atoms with Crippen LogP contribution in [-0.4, -0.2) is 47.9 Å². The molecule has 0 saturated carbocycles. The van der Waals surface area contributed by atoms with Gasteiger partial charge in [0.2, 0.25) is 5.91 Å². The number of anilines is 1. The third kappa shape index (κ3) is 4.41. The van der Waals surface area contributed by atoms with E-state index in [4.69, 9.17) is 9.47 Å². The lowest BCUT2D eigenvalue weighted by Gasteiger charge is -2.28. The Bertz CT molecular complexity index is 1170. The maximum atomic E-state index is 13.6. The Labute approximate surface area is 191 Å². The van der Waals surface area contributed by atoms with Crippen molar-refractivity contribution in [2.75, 3.05) is 19.1 Å². The highest BCUT2D eigenvalue weighted by atomic mass is 16.5. The quantitative estimate of drug-likeness (QED) is 0.520. The Kier molecular flexibility index (Phi) is 6.35. The van der Waals surface area contributed by atoms with Crippen molar-refractivity contribution in [3.05, 3.63) is 84.2 Å². The molecule has 8 nitrogen and oxygen atoms in total. The van der Waals surface area contributed by atoms with Gasteiger partial charge >= 0.3 is 0 Å². The fourth-order valence-electron chi connectivity index (χ4n) is 3.85. The van der Waals surface area contributed by atoms with E-state index in [-0.39, 0.29) is 18.9 Å². The Hall–Kier alpha value is -4.20. The summed E-state index contributed by atoms with van der Waals surface area (Å²) in [5, 5.41) is 0. The zero-order chi connectivity index (χ0) is 23.4. The normalized spacial score (nSPS) is 15.5. The van der Waals surface area contributed by atoms with Gasteiger partial charge in [-0.15, -0.1) is 0 Å². The molecule has 1 atom stereocenters. The zero-order valence-corrected chi connectivity index (χ0v) is 18.3. The second-order valence-corrected chi connectivity index (χ2v) is 7.49. The van der Waals surface area contributed by atoms with E-state index < -0.39 is 17.9 Å². The highest BCUT2D eigenvalue weighted by molar-refractivity contribution is 6.23. The molecule has 3 amide bonds. The summed E-state index contributed by atoms with van der Waals surface area (Å²) in [5.74, 6) is -0.322. The first-order chi connectivity index (χ1) is 16.0. The molecule has 1 fully saturated rings. The number of benzene rings is 2. The fraction of sp³-hybridized carbons (Fsp3) is 0.200. The van der Waals surface area contributed by atoms with Gasteiger partial charge < -0.3 is 14.4 Å². The average Bonchev–Trinajstić information content (AvgIpc) is 3.16. The average molecular weight is 445 g/mol. The lowest BCUT2D eigenvalue weighted by Crippen LogP contribution is -2.45. The highest BCUT2D eigenvalue weighted by Gasteiger charge is 2.44. The molecule has 0 radical (unpaired) electrons. The van der Waals surface area contributed by atoms with E-state index >= 15 is 0 Å². The van der Waals surface area contributed by atoms with Crippen molar-refractivity contribution in [3.8, 4) is 11.5 Å². The number of ether oxygens (including phenoxy) is 2. The first-order valence-corrected chi connectivity index (χ1v) is 10.4. The van der Waals surface area contributed by atoms with Crippen LogP contribution in [0.4, 0.5) is 5.69 Å². The van der Waals surface area contributed by atoms with E-state index in [2.05, 4.69) is 4.98 Å². The predicted octanol–water partition coefficient (Wildman–Crippen LogP) is 3.07. The van der Waals surface area contributed by atoms with Crippen LogP contribution in [-0.2, 0) is 16.1 Å². The summed E-state index contributed by atoms with van der Waals surface area (Å²) in [7, 11) is 2.99. The van der Waals surface area contributed by atoms with Gasteiger partial charge in [0.25, 0.3) is 11.8 Å². The summed E-state index contributed by atoms with van der Waals surface area (Å²) in [6, 6.07) is 16.1. The van der Waals surface area contributed by atoms with Crippen molar-refractivity contribution in [2.45, 2.75) is 19.0 Å². The number of para-hydroxylation sites is 1. The standard InChI is InChI=1S/C25H23N3O5/c1-32-21-11-10-18(13-22(21)33-2)24(30)27(16-17-7-6-12-26-15-17)20-14-23(29)28(25(20)31)19-8-4-3-5-9-19/h3-13,15,20H,14,16H2,1-2H3. The lowest BCUT2D eigenvalue weighted by molar-refractivity contribution is -0.122. The van der Waals surface area contributed by atoms with Gasteiger partial charge in [-0.2, -0.15) is 0 Å². The molecule has 1 saturated heterocycles. The van der Waals surface area contributed by atoms with Gasteiger partial charge in [0.05, 0.1) is 26.3 Å². The molecule has 0 spiro atoms. The molecule has 8 heteroatoms. The van der Waals surface area contributed by atoms with E-state index in [0.717, 1.165) is 10.5 Å². The van der Waals surface area contributed by atoms with Crippen LogP contribution in [0.25, 0.3) is 0 Å². The van der Waals surface area contributed by atoms with Crippen molar-refractivity contribution in [1.82, 2.24) is 9.88 Å². The number of hydrogen-bond acceptors (Lipinski definition) is 6. The Morgan fingerprint density at radius 3 is 2.45 bits per heavy atom. The highest BCUT2D eigenvalue weighted by Crippen LogP contribution is 2.31. The van der Waals surface area contributed by atoms with E-state index in [9.17, 15) is 14.4 Å². The summed E-state index contributed by atoms with van der Waals surface area (Å²) >= 11 is 0. The van der Waals surface area contributed by atoms with E-state index in [1.54, 1.807) is 67.0 Å². The minimum atomic E-state index is -0.946. The number of imide groups is 1. The number of amides is 3. The number of carbonyl (C=O) groups is 3. The molecule has 1 aliphatic rings. The molecule has 1 aliphatic heterocycles. The predicted molar refractivity (Wildman–Crippen MR) is 121 cm³/mol. The molecule has 168 valence electrons. The minimum Gasteiger partial charge on any atom is -0.493 e. The van der Waals surface area contributed by atoms with Gasteiger partial charge in [0.1, 0.15) is 6.04 Å². The Morgan fingerprint density at radius 2 is 1.79 bits per heavy atom. The van der Waals surface area contributed by atoms with Crippen LogP contribution in [0, 0.1) is 0 Å². The first kappa shape index (κ1) is 22.0. The van der Waals surface area contributed by atoms with Crippen molar-refractivity contribution < 1.29 is 23.9 Å². The zero-order valence-electron chi connectivity index (χ0n) is 18.3. The third-order valence-corrected chi connectivity index (χ3v) is 5.48. The van der Waals surface area contributed by atoms with Crippen LogP contribution >= 0.6 is 0 Å². The second-order valence-electron chi connectivity index (χ2n) is 7.49. The first-order valence-electron chi connectivity index (χ1n) is 10.4. The van der Waals surface area contributed by atoms with Gasteiger partial charge in [-0.05, 0) is 42.0 Å². The number of aromatic nitrogens is 1. The monoisotopic (exact) mass is 445 g/mol. The largest absolute Gasteiger partial charge is 0.493 e. The molecule has 4 rings (SSSR count). The molecule has 0 aliphatic carbocycles. The van der Waals surface area contributed by atoms with E-state index in [1.807, 2.05) is 6.07 Å². The number of pyridine rings is 1. The third-order valence-electron chi connectivity index (χ3n) is 5.48. The molecular weight excluding hydrogens is 422 g/mol. The number of hydrogen-bond donors (Lipinski definition) is 0. The molecular formula is C25H23N3O5. The molecule has 33 heavy (non-hydrogen) atoms. The molecule has 1 unspecified atom stereocenters. The van der Waals surface area contributed by atoms with Crippen molar-refractivity contribution in [1.29, 1.82) is 0 Å². The molecule has 0 bridgehead atoms. The smallest absolute Gasteiger partial charge is 0.257 e. The van der Waals surface area contributed by atoms with E-state index in [0.29, 0.717) is 22.7 Å². The SMILES string of the molecule is COc1ccc(C(=O)N(Cc2cccnc2)C2CC(=O)N(c3ccccc3)C2=O)cc1OC. The summed E-state index contributed by atoms with van der Waals surface area (Å²) in [6.45, 7) is 0.118. The molecule has 2 aromatic carbocycles. The van der Waals surface area contributed by atoms with Crippen LogP contribution < -0.4 is 14.4 Å². The van der Waals surface area contributed by atoms with Gasteiger partial charge in [-0.3, -0.25) is 19.4 Å². The maximum Gasteiger partial charge on any atom is 0.257 e. The van der Waals surface area contributed by atoms with Crippen LogP contribution in [0.2, 0.25) is 0 Å². The fourth-order valence-corrected chi connectivity index (χ4v) is 3.85. The Morgan fingerprint density at radius 1 is 1.03 bits per heavy atom. The van der Waals surface area contributed by atoms with Crippen LogP contribution in [0.1, 0.15) is 22.3 Å². The van der Waals surface area contributed by atoms with E-state index in [1.165, 1.54) is 19.1 Å². The second kappa shape index (κ2) is 9.52. The summed E-state index contributed by atoms with van der Waals surface area (Å²) in [4.78, 5) is 46.5. The van der Waals surface area contributed by atoms with Gasteiger partial charge in [0, 0.05) is 24.5 Å². The maximum absolute atomic E-state index is 13.6. The van der Waals surface area contributed by atoms with Gasteiger partial charge in [-0.25, -0.2) is 4.90 Å². The molecule has 2 heterocycles. The molecule has 3 aromatic rings. The number of methoxy groups -OCH3 is 2. The lowest BCUT2D eigenvalue weighted by atomic mass is 10.1. The van der Waals surface area contributed by atoms with Crippen molar-refractivity contribution in [2.24, 2.45) is 0 Å². The van der Waals surface area contributed by atoms with Crippen LogP contribution in [0.3, 0.4) is 0 Å². The van der Waals surface area contributed by atoms with Crippen LogP contribution in [0.15, 0.2) is 73.1 Å². The summed E-state index contributed by atoms with van der Waals surface area (Å²) in [5.41, 5.74) is 1.54. The van der Waals surface area contributed by atoms with Crippen LogP contribution in [0.5, 0.6) is 11.5 Å². The number of rotatable bonds is 7. The molecule has 1 aromatic heterocycles. The number of nitrogens with zero attached hydrogens (tertiary/aromatic N) is 3. The summed E-state index contributed by atoms with van der Waals surface area (Å²) < 4.78 is 10.6. The molecule has 0 N–H and O–H groups in total. The topological polar surface area (TPSA) is 89.0 Å². The summed E-state index contributed by atoms with van der Waals surface area (Å²) in [6.07, 6.45) is 3.16. The number of carbonyl (C=O) groups excluding carboxylic acids is 3. The van der Waals surface area contributed by atoms with Gasteiger partial charge in [-0.1, -0.05) is 24.3 Å². The van der Waals surface area contributed by atoms with Crippen molar-refractivity contribution >= 4 is 23.4 Å². The Balaban J connectivity index is 1.70. The van der Waals surface area contributed by atoms with Gasteiger partial charge in [0.15, 0.2) is 11.5 Å². The van der Waals surface area contributed by atoms with Crippen molar-refractivity contribution in [3.63, 3.8) is 0 Å².